The van der Waals surface area contributed by atoms with Crippen molar-refractivity contribution >= 4 is 23.5 Å². The van der Waals surface area contributed by atoms with Crippen LogP contribution in [0.4, 0.5) is 5.95 Å². The Kier molecular flexibility index (Phi) is 6.32. The molecular weight excluding hydrogens is 372 g/mol. The van der Waals surface area contributed by atoms with Gasteiger partial charge in [-0.25, -0.2) is 0 Å². The number of anilines is 1. The van der Waals surface area contributed by atoms with Gasteiger partial charge in [0.05, 0.1) is 19.0 Å². The zero-order chi connectivity index (χ0) is 19.3. The molecule has 2 aromatic rings. The largest absolute Gasteiger partial charge is 0.378 e. The molecule has 1 aliphatic heterocycles. The summed E-state index contributed by atoms with van der Waals surface area (Å²) in [6.07, 6.45) is 6.57. The molecule has 1 saturated heterocycles. The van der Waals surface area contributed by atoms with E-state index in [2.05, 4.69) is 27.2 Å². The van der Waals surface area contributed by atoms with Crippen LogP contribution in [0.25, 0.3) is 0 Å². The third kappa shape index (κ3) is 4.41. The molecule has 2 aliphatic rings. The summed E-state index contributed by atoms with van der Waals surface area (Å²) in [5, 5.41) is 9.35. The Balaban J connectivity index is 1.34. The normalized spacial score (nSPS) is 18.4. The number of benzene rings is 1. The molecule has 28 heavy (non-hydrogen) atoms. The number of rotatable bonds is 6. The molecule has 1 aromatic heterocycles. The number of Topliss-reactive ketones (excluding diaryl/α,β-unsaturated/α-hetero) is 1. The van der Waals surface area contributed by atoms with Crippen molar-refractivity contribution in [2.75, 3.05) is 37.0 Å². The number of aromatic nitrogens is 3. The Morgan fingerprint density at radius 1 is 1.11 bits per heavy atom. The van der Waals surface area contributed by atoms with Gasteiger partial charge in [-0.2, -0.15) is 0 Å². The highest BCUT2D eigenvalue weighted by atomic mass is 32.2. The summed E-state index contributed by atoms with van der Waals surface area (Å²) in [5.74, 6) is 2.02. The van der Waals surface area contributed by atoms with Crippen molar-refractivity contribution in [1.29, 1.82) is 0 Å². The Morgan fingerprint density at radius 2 is 1.82 bits per heavy atom. The number of morpholine rings is 1. The first-order chi connectivity index (χ1) is 13.7. The van der Waals surface area contributed by atoms with Crippen molar-refractivity contribution in [1.82, 2.24) is 14.8 Å². The average molecular weight is 401 g/mol. The van der Waals surface area contributed by atoms with Gasteiger partial charge in [0.1, 0.15) is 0 Å². The molecule has 0 N–H and O–H groups in total. The van der Waals surface area contributed by atoms with Crippen LogP contribution in [-0.2, 0) is 11.8 Å². The lowest BCUT2D eigenvalue weighted by molar-refractivity contribution is 0.102. The summed E-state index contributed by atoms with van der Waals surface area (Å²) in [5.41, 5.74) is 2.16. The maximum Gasteiger partial charge on any atom is 0.227 e. The summed E-state index contributed by atoms with van der Waals surface area (Å²) >= 11 is 1.45. The van der Waals surface area contributed by atoms with E-state index in [0.717, 1.165) is 29.8 Å². The molecule has 0 unspecified atom stereocenters. The number of nitrogens with zero attached hydrogens (tertiary/aromatic N) is 4. The molecule has 7 heteroatoms. The molecule has 0 atom stereocenters. The lowest BCUT2D eigenvalue weighted by Gasteiger charge is -2.27. The van der Waals surface area contributed by atoms with Crippen LogP contribution in [0.5, 0.6) is 0 Å². The second-order valence-electron chi connectivity index (χ2n) is 7.61. The highest BCUT2D eigenvalue weighted by Crippen LogP contribution is 2.32. The third-order valence-corrected chi connectivity index (χ3v) is 6.77. The standard InChI is InChI=1S/C21H28N4O2S/c1-24-20(25-11-13-27-14-12-25)22-23-21(24)28-15-19(26)18-9-7-17(8-10-18)16-5-3-2-4-6-16/h7-10,16H,2-6,11-15H2,1H3. The summed E-state index contributed by atoms with van der Waals surface area (Å²) in [7, 11) is 1.95. The Morgan fingerprint density at radius 3 is 2.54 bits per heavy atom. The van der Waals surface area contributed by atoms with Crippen LogP contribution in [0.1, 0.15) is 53.9 Å². The van der Waals surface area contributed by atoms with Gasteiger partial charge in [0.15, 0.2) is 10.9 Å². The summed E-state index contributed by atoms with van der Waals surface area (Å²) in [6.45, 7) is 3.07. The number of hydrogen-bond donors (Lipinski definition) is 0. The number of ketones is 1. The predicted molar refractivity (Wildman–Crippen MR) is 111 cm³/mol. The van der Waals surface area contributed by atoms with Crippen LogP contribution in [-0.4, -0.2) is 52.6 Å². The second kappa shape index (κ2) is 9.09. The van der Waals surface area contributed by atoms with E-state index in [0.29, 0.717) is 24.9 Å². The van der Waals surface area contributed by atoms with Gasteiger partial charge in [-0.3, -0.25) is 9.36 Å². The molecule has 6 nitrogen and oxygen atoms in total. The van der Waals surface area contributed by atoms with Crippen molar-refractivity contribution < 1.29 is 9.53 Å². The summed E-state index contributed by atoms with van der Waals surface area (Å²) in [6, 6.07) is 8.27. The molecule has 0 bridgehead atoms. The topological polar surface area (TPSA) is 60.2 Å². The van der Waals surface area contributed by atoms with E-state index in [1.165, 1.54) is 49.4 Å². The summed E-state index contributed by atoms with van der Waals surface area (Å²) in [4.78, 5) is 14.8. The van der Waals surface area contributed by atoms with E-state index in [9.17, 15) is 4.79 Å². The van der Waals surface area contributed by atoms with E-state index < -0.39 is 0 Å². The highest BCUT2D eigenvalue weighted by molar-refractivity contribution is 7.99. The fourth-order valence-corrected chi connectivity index (χ4v) is 4.86. The van der Waals surface area contributed by atoms with Crippen molar-refractivity contribution in [3.05, 3.63) is 35.4 Å². The first-order valence-electron chi connectivity index (χ1n) is 10.2. The first-order valence-corrected chi connectivity index (χ1v) is 11.2. The first kappa shape index (κ1) is 19.5. The SMILES string of the molecule is Cn1c(SCC(=O)c2ccc(C3CCCCC3)cc2)nnc1N1CCOCC1. The minimum atomic E-state index is 0.135. The maximum absolute atomic E-state index is 12.6. The number of ether oxygens (including phenoxy) is 1. The van der Waals surface area contributed by atoms with Gasteiger partial charge >= 0.3 is 0 Å². The molecular formula is C21H28N4O2S. The Labute approximate surface area is 170 Å². The second-order valence-corrected chi connectivity index (χ2v) is 8.55. The van der Waals surface area contributed by atoms with E-state index in [1.54, 1.807) is 0 Å². The lowest BCUT2D eigenvalue weighted by Crippen LogP contribution is -2.37. The lowest BCUT2D eigenvalue weighted by atomic mass is 9.84. The van der Waals surface area contributed by atoms with Crippen molar-refractivity contribution in [2.45, 2.75) is 43.2 Å². The Hall–Kier alpha value is -1.86. The number of hydrogen-bond acceptors (Lipinski definition) is 6. The van der Waals surface area contributed by atoms with Gasteiger partial charge in [-0.1, -0.05) is 55.3 Å². The predicted octanol–water partition coefficient (Wildman–Crippen LogP) is 3.67. The minimum Gasteiger partial charge on any atom is -0.378 e. The van der Waals surface area contributed by atoms with Crippen LogP contribution in [0.2, 0.25) is 0 Å². The van der Waals surface area contributed by atoms with Crippen LogP contribution in [0.15, 0.2) is 29.4 Å². The molecule has 4 rings (SSSR count). The highest BCUT2D eigenvalue weighted by Gasteiger charge is 2.20. The zero-order valence-electron chi connectivity index (χ0n) is 16.5. The molecule has 0 spiro atoms. The number of carbonyl (C=O) groups excluding carboxylic acids is 1. The van der Waals surface area contributed by atoms with E-state index in [-0.39, 0.29) is 5.78 Å². The van der Waals surface area contributed by atoms with Crippen LogP contribution >= 0.6 is 11.8 Å². The molecule has 1 aromatic carbocycles. The number of carbonyl (C=O) groups is 1. The molecule has 2 heterocycles. The van der Waals surface area contributed by atoms with Crippen LogP contribution in [0, 0.1) is 0 Å². The van der Waals surface area contributed by atoms with E-state index in [4.69, 9.17) is 4.74 Å². The van der Waals surface area contributed by atoms with Crippen LogP contribution < -0.4 is 4.90 Å². The van der Waals surface area contributed by atoms with E-state index in [1.807, 2.05) is 23.7 Å². The zero-order valence-corrected chi connectivity index (χ0v) is 17.3. The van der Waals surface area contributed by atoms with Gasteiger partial charge in [0, 0.05) is 25.7 Å². The fourth-order valence-electron chi connectivity index (χ4n) is 4.06. The molecule has 0 radical (unpaired) electrons. The molecule has 0 amide bonds. The molecule has 1 saturated carbocycles. The maximum atomic E-state index is 12.6. The minimum absolute atomic E-state index is 0.135. The van der Waals surface area contributed by atoms with Crippen molar-refractivity contribution in [3.8, 4) is 0 Å². The third-order valence-electron chi connectivity index (χ3n) is 5.75. The quantitative estimate of drug-likeness (QED) is 0.545. The van der Waals surface area contributed by atoms with E-state index >= 15 is 0 Å². The van der Waals surface area contributed by atoms with Gasteiger partial charge < -0.3 is 9.64 Å². The molecule has 150 valence electrons. The van der Waals surface area contributed by atoms with Gasteiger partial charge in [-0.15, -0.1) is 10.2 Å². The van der Waals surface area contributed by atoms with Crippen molar-refractivity contribution in [2.24, 2.45) is 7.05 Å². The van der Waals surface area contributed by atoms with Gasteiger partial charge in [0.25, 0.3) is 0 Å². The molecule has 2 fully saturated rings. The average Bonchev–Trinajstić information content (AvgIpc) is 3.13. The van der Waals surface area contributed by atoms with Crippen LogP contribution in [0.3, 0.4) is 0 Å². The van der Waals surface area contributed by atoms with Gasteiger partial charge in [-0.05, 0) is 24.3 Å². The monoisotopic (exact) mass is 400 g/mol. The Bertz CT molecular complexity index is 793. The summed E-state index contributed by atoms with van der Waals surface area (Å²) < 4.78 is 7.36. The fraction of sp³-hybridized carbons (Fsp3) is 0.571. The molecule has 1 aliphatic carbocycles. The number of thioether (sulfide) groups is 1. The smallest absolute Gasteiger partial charge is 0.227 e. The van der Waals surface area contributed by atoms with Gasteiger partial charge in [0.2, 0.25) is 5.95 Å². The van der Waals surface area contributed by atoms with Crippen molar-refractivity contribution in [3.63, 3.8) is 0 Å².